The number of carbonyl (C=O) groups is 2. The monoisotopic (exact) mass is 469 g/mol. The molecule has 2 atom stereocenters. The van der Waals surface area contributed by atoms with Gasteiger partial charge in [-0.15, -0.1) is 0 Å². The highest BCUT2D eigenvalue weighted by molar-refractivity contribution is 7.92. The Kier molecular flexibility index (Phi) is 5.29. The highest BCUT2D eigenvalue weighted by Crippen LogP contribution is 2.51. The zero-order chi connectivity index (χ0) is 22.6. The summed E-state index contributed by atoms with van der Waals surface area (Å²) >= 11 is 5.91. The van der Waals surface area contributed by atoms with Gasteiger partial charge in [0.25, 0.3) is 0 Å². The van der Waals surface area contributed by atoms with Crippen molar-refractivity contribution in [2.45, 2.75) is 40.9 Å². The van der Waals surface area contributed by atoms with Crippen molar-refractivity contribution in [3.05, 3.63) is 64.7 Å². The maximum Gasteiger partial charge on any atom is 0.326 e. The Morgan fingerprint density at radius 2 is 1.74 bits per heavy atom. The molecule has 0 spiro atoms. The van der Waals surface area contributed by atoms with Gasteiger partial charge >= 0.3 is 5.97 Å². The van der Waals surface area contributed by atoms with E-state index in [1.54, 1.807) is 24.3 Å². The molecule has 1 saturated heterocycles. The van der Waals surface area contributed by atoms with Crippen molar-refractivity contribution in [1.82, 2.24) is 4.90 Å². The SMILES string of the molecule is O=C(O)[C@@H]1C[C@@H](S(=O)(=O)c2ccc(F)cc2F)CN1C(=O)C1(c2ccc(Cl)cc2)CC1. The number of halogens is 3. The number of carbonyl (C=O) groups excluding carboxylic acids is 1. The maximum atomic E-state index is 14.1. The Labute approximate surface area is 182 Å². The van der Waals surface area contributed by atoms with Crippen molar-refractivity contribution >= 4 is 33.3 Å². The van der Waals surface area contributed by atoms with Gasteiger partial charge in [-0.3, -0.25) is 4.79 Å². The molecular weight excluding hydrogens is 452 g/mol. The molecule has 1 aliphatic heterocycles. The standard InChI is InChI=1S/C21H18ClF2NO5S/c22-13-3-1-12(2-4-13)21(7-8-21)20(28)25-11-15(10-17(25)19(26)27)31(29,30)18-6-5-14(23)9-16(18)24/h1-6,9,15,17H,7-8,10-11H2,(H,26,27)/t15-,17+/m1/s1. The van der Waals surface area contributed by atoms with Crippen molar-refractivity contribution in [3.63, 3.8) is 0 Å². The van der Waals surface area contributed by atoms with Crippen LogP contribution in [0.5, 0.6) is 0 Å². The minimum absolute atomic E-state index is 0.378. The number of likely N-dealkylation sites (tertiary alicyclic amines) is 1. The van der Waals surface area contributed by atoms with Crippen LogP contribution in [0.15, 0.2) is 47.4 Å². The van der Waals surface area contributed by atoms with Crippen molar-refractivity contribution in [1.29, 1.82) is 0 Å². The van der Waals surface area contributed by atoms with E-state index in [1.165, 1.54) is 0 Å². The molecule has 2 aromatic rings. The predicted octanol–water partition coefficient (Wildman–Crippen LogP) is 3.18. The Hall–Kier alpha value is -2.52. The van der Waals surface area contributed by atoms with E-state index >= 15 is 0 Å². The molecule has 1 saturated carbocycles. The van der Waals surface area contributed by atoms with Gasteiger partial charge in [-0.25, -0.2) is 22.0 Å². The third kappa shape index (κ3) is 3.70. The van der Waals surface area contributed by atoms with Gasteiger partial charge in [-0.1, -0.05) is 23.7 Å². The van der Waals surface area contributed by atoms with Crippen LogP contribution in [0.3, 0.4) is 0 Å². The first-order valence-electron chi connectivity index (χ1n) is 9.55. The summed E-state index contributed by atoms with van der Waals surface area (Å²) in [5.74, 6) is -3.99. The van der Waals surface area contributed by atoms with Crippen LogP contribution in [-0.2, 0) is 24.8 Å². The first-order valence-corrected chi connectivity index (χ1v) is 11.5. The van der Waals surface area contributed by atoms with E-state index in [-0.39, 0.29) is 13.0 Å². The van der Waals surface area contributed by atoms with Crippen LogP contribution in [0.4, 0.5) is 8.78 Å². The molecule has 1 amide bonds. The van der Waals surface area contributed by atoms with Crippen LogP contribution in [-0.4, -0.2) is 48.1 Å². The summed E-state index contributed by atoms with van der Waals surface area (Å²) in [6.07, 6.45) is 0.623. The molecule has 2 aromatic carbocycles. The number of carboxylic acids is 1. The van der Waals surface area contributed by atoms with Gasteiger partial charge in [0.2, 0.25) is 5.91 Å². The summed E-state index contributed by atoms with van der Waals surface area (Å²) in [7, 11) is -4.33. The Morgan fingerprint density at radius 1 is 1.10 bits per heavy atom. The van der Waals surface area contributed by atoms with Gasteiger partial charge in [0, 0.05) is 17.6 Å². The molecule has 31 heavy (non-hydrogen) atoms. The van der Waals surface area contributed by atoms with Crippen LogP contribution in [0.25, 0.3) is 0 Å². The van der Waals surface area contributed by atoms with Gasteiger partial charge < -0.3 is 10.0 Å². The van der Waals surface area contributed by atoms with Gasteiger partial charge in [0.1, 0.15) is 22.6 Å². The zero-order valence-electron chi connectivity index (χ0n) is 16.1. The lowest BCUT2D eigenvalue weighted by molar-refractivity contribution is -0.149. The summed E-state index contributed by atoms with van der Waals surface area (Å²) < 4.78 is 53.3. The van der Waals surface area contributed by atoms with Gasteiger partial charge in [0.15, 0.2) is 9.84 Å². The number of nitrogens with zero attached hydrogens (tertiary/aromatic N) is 1. The minimum atomic E-state index is -4.33. The van der Waals surface area contributed by atoms with Crippen LogP contribution in [0.1, 0.15) is 24.8 Å². The van der Waals surface area contributed by atoms with E-state index < -0.39 is 55.0 Å². The fourth-order valence-electron chi connectivity index (χ4n) is 4.16. The molecule has 1 N–H and O–H groups in total. The van der Waals surface area contributed by atoms with Crippen molar-refractivity contribution < 1.29 is 31.9 Å². The molecule has 2 fully saturated rings. The summed E-state index contributed by atoms with van der Waals surface area (Å²) in [6.45, 7) is -0.385. The molecule has 10 heteroatoms. The van der Waals surface area contributed by atoms with E-state index in [2.05, 4.69) is 0 Å². The second-order valence-electron chi connectivity index (χ2n) is 7.88. The second-order valence-corrected chi connectivity index (χ2v) is 10.5. The number of carboxylic acid groups (broad SMARTS) is 1. The van der Waals surface area contributed by atoms with Gasteiger partial charge in [0.05, 0.1) is 10.7 Å². The van der Waals surface area contributed by atoms with Gasteiger partial charge in [-0.05, 0) is 49.1 Å². The third-order valence-electron chi connectivity index (χ3n) is 6.00. The summed E-state index contributed by atoms with van der Waals surface area (Å²) in [5.41, 5.74) is -0.236. The molecule has 164 valence electrons. The lowest BCUT2D eigenvalue weighted by Gasteiger charge is -2.27. The van der Waals surface area contributed by atoms with Crippen LogP contribution >= 0.6 is 11.6 Å². The van der Waals surface area contributed by atoms with E-state index in [0.717, 1.165) is 17.0 Å². The normalized spacial score (nSPS) is 22.4. The fourth-order valence-corrected chi connectivity index (χ4v) is 6.03. The smallest absolute Gasteiger partial charge is 0.326 e. The first-order chi connectivity index (χ1) is 14.6. The number of hydrogen-bond acceptors (Lipinski definition) is 4. The molecule has 1 heterocycles. The molecule has 2 aliphatic rings. The minimum Gasteiger partial charge on any atom is -0.480 e. The number of sulfone groups is 1. The number of amides is 1. The predicted molar refractivity (Wildman–Crippen MR) is 107 cm³/mol. The molecule has 1 aliphatic carbocycles. The maximum absolute atomic E-state index is 14.1. The average molecular weight is 470 g/mol. The fraction of sp³-hybridized carbons (Fsp3) is 0.333. The topological polar surface area (TPSA) is 91.8 Å². The van der Waals surface area contributed by atoms with Crippen molar-refractivity contribution in [2.75, 3.05) is 6.54 Å². The summed E-state index contributed by atoms with van der Waals surface area (Å²) in [4.78, 5) is 25.5. The molecular formula is C21H18ClF2NO5S. The van der Waals surface area contributed by atoms with E-state index in [1.807, 2.05) is 0 Å². The number of rotatable bonds is 5. The largest absolute Gasteiger partial charge is 0.480 e. The Balaban J connectivity index is 1.65. The van der Waals surface area contributed by atoms with E-state index in [9.17, 15) is 31.9 Å². The molecule has 0 unspecified atom stereocenters. The van der Waals surface area contributed by atoms with Crippen LogP contribution < -0.4 is 0 Å². The van der Waals surface area contributed by atoms with Crippen LogP contribution in [0, 0.1) is 11.6 Å². The van der Waals surface area contributed by atoms with E-state index in [4.69, 9.17) is 11.6 Å². The molecule has 0 aromatic heterocycles. The number of aliphatic carboxylic acids is 1. The Morgan fingerprint density at radius 3 is 2.29 bits per heavy atom. The second kappa shape index (κ2) is 7.56. The number of benzene rings is 2. The van der Waals surface area contributed by atoms with Gasteiger partial charge in [-0.2, -0.15) is 0 Å². The van der Waals surface area contributed by atoms with Crippen LogP contribution in [0.2, 0.25) is 5.02 Å². The highest BCUT2D eigenvalue weighted by atomic mass is 35.5. The molecule has 0 bridgehead atoms. The lowest BCUT2D eigenvalue weighted by atomic mass is 9.94. The molecule has 0 radical (unpaired) electrons. The quantitative estimate of drug-likeness (QED) is 0.679. The zero-order valence-corrected chi connectivity index (χ0v) is 17.7. The van der Waals surface area contributed by atoms with E-state index in [0.29, 0.717) is 29.5 Å². The lowest BCUT2D eigenvalue weighted by Crippen LogP contribution is -2.46. The summed E-state index contributed by atoms with van der Waals surface area (Å²) in [5, 5.41) is 8.81. The third-order valence-corrected chi connectivity index (χ3v) is 8.42. The average Bonchev–Trinajstić information content (AvgIpc) is 3.37. The van der Waals surface area contributed by atoms with Crippen molar-refractivity contribution in [2.24, 2.45) is 0 Å². The highest BCUT2D eigenvalue weighted by Gasteiger charge is 2.57. The van der Waals surface area contributed by atoms with Crippen molar-refractivity contribution in [3.8, 4) is 0 Å². The Bertz CT molecular complexity index is 1160. The molecule has 6 nitrogen and oxygen atoms in total. The molecule has 4 rings (SSSR count). The number of hydrogen-bond donors (Lipinski definition) is 1. The first kappa shape index (κ1) is 21.7. The summed E-state index contributed by atoms with van der Waals surface area (Å²) in [6, 6.07) is 7.39.